The van der Waals surface area contributed by atoms with Gasteiger partial charge < -0.3 is 4.98 Å². The second-order valence-corrected chi connectivity index (χ2v) is 5.17. The maximum absolute atomic E-state index is 13.5. The van der Waals surface area contributed by atoms with E-state index in [-0.39, 0.29) is 10.9 Å². The topological polar surface area (TPSA) is 63.6 Å². The quantitative estimate of drug-likeness (QED) is 0.588. The smallest absolute Gasteiger partial charge is 0.200 e. The standard InChI is InChI=1S/C16H10F2N4O/c1-8-14-15(23)9-6-10(17)11(18)7-12(9)20-16(14)22(21-8)13-4-2-3-5-19-13/h2-7H,1H3,(H,20,23). The van der Waals surface area contributed by atoms with Crippen molar-refractivity contribution in [2.75, 3.05) is 0 Å². The third-order valence-corrected chi connectivity index (χ3v) is 3.71. The number of benzene rings is 1. The lowest BCUT2D eigenvalue weighted by atomic mass is 10.1. The van der Waals surface area contributed by atoms with Gasteiger partial charge >= 0.3 is 0 Å². The van der Waals surface area contributed by atoms with E-state index in [1.54, 1.807) is 31.3 Å². The molecule has 0 aliphatic heterocycles. The lowest BCUT2D eigenvalue weighted by Crippen LogP contribution is -2.07. The summed E-state index contributed by atoms with van der Waals surface area (Å²) in [5, 5.41) is 4.74. The van der Waals surface area contributed by atoms with Gasteiger partial charge in [0.2, 0.25) is 5.43 Å². The number of H-pyrrole nitrogens is 1. The first-order valence-corrected chi connectivity index (χ1v) is 6.88. The number of pyridine rings is 2. The van der Waals surface area contributed by atoms with Gasteiger partial charge in [0, 0.05) is 17.6 Å². The fourth-order valence-corrected chi connectivity index (χ4v) is 2.66. The van der Waals surface area contributed by atoms with E-state index in [1.165, 1.54) is 4.68 Å². The van der Waals surface area contributed by atoms with Gasteiger partial charge in [0.05, 0.1) is 16.6 Å². The summed E-state index contributed by atoms with van der Waals surface area (Å²) >= 11 is 0. The van der Waals surface area contributed by atoms with Crippen LogP contribution in [0.5, 0.6) is 0 Å². The minimum Gasteiger partial charge on any atom is -0.339 e. The summed E-state index contributed by atoms with van der Waals surface area (Å²) in [4.78, 5) is 19.8. The molecule has 0 aliphatic rings. The minimum atomic E-state index is -1.06. The van der Waals surface area contributed by atoms with Gasteiger partial charge in [-0.1, -0.05) is 6.07 Å². The molecule has 0 aliphatic carbocycles. The molecule has 0 bridgehead atoms. The summed E-state index contributed by atoms with van der Waals surface area (Å²) in [7, 11) is 0. The van der Waals surface area contributed by atoms with Gasteiger partial charge in [0.1, 0.15) is 5.65 Å². The largest absolute Gasteiger partial charge is 0.339 e. The van der Waals surface area contributed by atoms with Gasteiger partial charge in [-0.25, -0.2) is 13.8 Å². The number of fused-ring (bicyclic) bond motifs is 2. The van der Waals surface area contributed by atoms with E-state index in [1.807, 2.05) is 0 Å². The SMILES string of the molecule is Cc1nn(-c2ccccn2)c2[nH]c3cc(F)c(F)cc3c(=O)c12. The predicted molar refractivity (Wildman–Crippen MR) is 81.6 cm³/mol. The average Bonchev–Trinajstić information content (AvgIpc) is 2.87. The molecule has 1 aromatic carbocycles. The zero-order valence-corrected chi connectivity index (χ0v) is 12.0. The van der Waals surface area contributed by atoms with Crippen molar-refractivity contribution in [1.82, 2.24) is 19.7 Å². The van der Waals surface area contributed by atoms with E-state index >= 15 is 0 Å². The molecular formula is C16H10F2N4O. The monoisotopic (exact) mass is 312 g/mol. The van der Waals surface area contributed by atoms with Gasteiger partial charge in [-0.3, -0.25) is 4.79 Å². The Bertz CT molecular complexity index is 1120. The number of aromatic amines is 1. The molecule has 1 N–H and O–H groups in total. The molecule has 0 atom stereocenters. The Morgan fingerprint density at radius 1 is 1.17 bits per heavy atom. The predicted octanol–water partition coefficient (Wildman–Crippen LogP) is 2.85. The van der Waals surface area contributed by atoms with Crippen LogP contribution in [-0.2, 0) is 0 Å². The van der Waals surface area contributed by atoms with Crippen molar-refractivity contribution in [3.05, 3.63) is 64.1 Å². The molecule has 114 valence electrons. The maximum Gasteiger partial charge on any atom is 0.200 e. The molecule has 0 fully saturated rings. The van der Waals surface area contributed by atoms with Crippen molar-refractivity contribution in [1.29, 1.82) is 0 Å². The fraction of sp³-hybridized carbons (Fsp3) is 0.0625. The highest BCUT2D eigenvalue weighted by Crippen LogP contribution is 2.21. The lowest BCUT2D eigenvalue weighted by molar-refractivity contribution is 0.510. The van der Waals surface area contributed by atoms with E-state index in [0.29, 0.717) is 22.5 Å². The summed E-state index contributed by atoms with van der Waals surface area (Å²) in [6.07, 6.45) is 1.60. The highest BCUT2D eigenvalue weighted by molar-refractivity contribution is 5.92. The van der Waals surface area contributed by atoms with Crippen molar-refractivity contribution < 1.29 is 8.78 Å². The number of hydrogen-bond donors (Lipinski definition) is 1. The maximum atomic E-state index is 13.5. The van der Waals surface area contributed by atoms with Crippen LogP contribution in [0.3, 0.4) is 0 Å². The molecule has 5 nitrogen and oxygen atoms in total. The Labute approximate surface area is 128 Å². The Kier molecular flexibility index (Phi) is 2.77. The van der Waals surface area contributed by atoms with E-state index in [9.17, 15) is 13.6 Å². The van der Waals surface area contributed by atoms with Crippen LogP contribution in [0.25, 0.3) is 27.8 Å². The van der Waals surface area contributed by atoms with Crippen LogP contribution in [0.4, 0.5) is 8.78 Å². The van der Waals surface area contributed by atoms with Crippen molar-refractivity contribution in [3.8, 4) is 5.82 Å². The molecule has 23 heavy (non-hydrogen) atoms. The number of aryl methyl sites for hydroxylation is 1. The van der Waals surface area contributed by atoms with Crippen molar-refractivity contribution in [2.24, 2.45) is 0 Å². The highest BCUT2D eigenvalue weighted by Gasteiger charge is 2.17. The molecule has 0 amide bonds. The number of nitrogens with zero attached hydrogens (tertiary/aromatic N) is 3. The van der Waals surface area contributed by atoms with Crippen molar-refractivity contribution >= 4 is 21.9 Å². The summed E-state index contributed by atoms with van der Waals surface area (Å²) in [5.41, 5.74) is 0.689. The van der Waals surface area contributed by atoms with Gasteiger partial charge in [-0.15, -0.1) is 0 Å². The Balaban J connectivity index is 2.17. The number of aromatic nitrogens is 4. The third-order valence-electron chi connectivity index (χ3n) is 3.71. The molecule has 0 radical (unpaired) electrons. The number of halogens is 2. The first-order valence-electron chi connectivity index (χ1n) is 6.88. The van der Waals surface area contributed by atoms with Crippen molar-refractivity contribution in [3.63, 3.8) is 0 Å². The van der Waals surface area contributed by atoms with E-state index in [0.717, 1.165) is 12.1 Å². The summed E-state index contributed by atoms with van der Waals surface area (Å²) in [6, 6.07) is 7.16. The fourth-order valence-electron chi connectivity index (χ4n) is 2.66. The molecule has 0 saturated carbocycles. The van der Waals surface area contributed by atoms with Crippen LogP contribution in [0.2, 0.25) is 0 Å². The normalized spacial score (nSPS) is 11.4. The summed E-state index contributed by atoms with van der Waals surface area (Å²) in [5.74, 6) is -1.56. The average molecular weight is 312 g/mol. The minimum absolute atomic E-state index is 0.0834. The van der Waals surface area contributed by atoms with Gasteiger partial charge in [-0.05, 0) is 25.1 Å². The highest BCUT2D eigenvalue weighted by atomic mass is 19.2. The second-order valence-electron chi connectivity index (χ2n) is 5.17. The molecule has 4 aromatic rings. The zero-order chi connectivity index (χ0) is 16.1. The molecule has 0 saturated heterocycles. The third kappa shape index (κ3) is 1.93. The molecule has 4 rings (SSSR count). The molecular weight excluding hydrogens is 302 g/mol. The van der Waals surface area contributed by atoms with Crippen LogP contribution in [0, 0.1) is 18.6 Å². The first-order chi connectivity index (χ1) is 11.1. The Hall–Kier alpha value is -3.09. The van der Waals surface area contributed by atoms with Crippen LogP contribution >= 0.6 is 0 Å². The van der Waals surface area contributed by atoms with Crippen LogP contribution in [0.1, 0.15) is 5.69 Å². The van der Waals surface area contributed by atoms with E-state index < -0.39 is 17.1 Å². The second kappa shape index (κ2) is 4.70. The first kappa shape index (κ1) is 13.6. The molecule has 3 heterocycles. The van der Waals surface area contributed by atoms with Gasteiger partial charge in [-0.2, -0.15) is 9.78 Å². The summed E-state index contributed by atoms with van der Waals surface area (Å²) in [6.45, 7) is 1.68. The number of hydrogen-bond acceptors (Lipinski definition) is 3. The zero-order valence-electron chi connectivity index (χ0n) is 12.0. The van der Waals surface area contributed by atoms with Crippen LogP contribution in [0.15, 0.2) is 41.3 Å². The molecule has 3 aromatic heterocycles. The molecule has 0 unspecified atom stereocenters. The summed E-state index contributed by atoms with van der Waals surface area (Å²) < 4.78 is 28.4. The van der Waals surface area contributed by atoms with Gasteiger partial charge in [0.15, 0.2) is 17.5 Å². The molecule has 0 spiro atoms. The Morgan fingerprint density at radius 3 is 2.70 bits per heavy atom. The van der Waals surface area contributed by atoms with Crippen molar-refractivity contribution in [2.45, 2.75) is 6.92 Å². The van der Waals surface area contributed by atoms with E-state index in [4.69, 9.17) is 0 Å². The Morgan fingerprint density at radius 2 is 1.96 bits per heavy atom. The number of nitrogens with one attached hydrogen (secondary N) is 1. The molecule has 7 heteroatoms. The lowest BCUT2D eigenvalue weighted by Gasteiger charge is -2.04. The van der Waals surface area contributed by atoms with Crippen LogP contribution < -0.4 is 5.43 Å². The van der Waals surface area contributed by atoms with Gasteiger partial charge in [0.25, 0.3) is 0 Å². The number of rotatable bonds is 1. The van der Waals surface area contributed by atoms with Crippen LogP contribution in [-0.4, -0.2) is 19.7 Å². The van der Waals surface area contributed by atoms with E-state index in [2.05, 4.69) is 15.1 Å².